The maximum Gasteiger partial charge on any atom is 0.175 e. The van der Waals surface area contributed by atoms with E-state index in [2.05, 4.69) is 33.9 Å². The van der Waals surface area contributed by atoms with Gasteiger partial charge in [0, 0.05) is 12.6 Å². The number of benzene rings is 1. The minimum absolute atomic E-state index is 0.467. The average molecular weight is 340 g/mol. The fourth-order valence-electron chi connectivity index (χ4n) is 2.55. The van der Waals surface area contributed by atoms with Crippen molar-refractivity contribution >= 4 is 15.9 Å². The number of methoxy groups -OCH3 is 1. The molecule has 1 aliphatic rings. The molecule has 0 radical (unpaired) electrons. The molecule has 20 heavy (non-hydrogen) atoms. The van der Waals surface area contributed by atoms with Crippen LogP contribution in [0.25, 0.3) is 0 Å². The molecule has 0 aliphatic heterocycles. The maximum absolute atomic E-state index is 5.63. The Bertz CT molecular complexity index is 456. The molecule has 110 valence electrons. The van der Waals surface area contributed by atoms with Gasteiger partial charge >= 0.3 is 0 Å². The molecule has 1 fully saturated rings. The van der Waals surface area contributed by atoms with Crippen molar-refractivity contribution in [1.82, 2.24) is 5.32 Å². The fourth-order valence-corrected chi connectivity index (χ4v) is 3.15. The van der Waals surface area contributed by atoms with Crippen LogP contribution in [0.2, 0.25) is 0 Å². The minimum atomic E-state index is 0.467. The molecule has 1 saturated carbocycles. The van der Waals surface area contributed by atoms with E-state index in [-0.39, 0.29) is 0 Å². The molecule has 0 unspecified atom stereocenters. The summed E-state index contributed by atoms with van der Waals surface area (Å²) in [4.78, 5) is 0. The van der Waals surface area contributed by atoms with Crippen molar-refractivity contribution in [2.45, 2.75) is 38.3 Å². The lowest BCUT2D eigenvalue weighted by atomic mass is 10.1. The van der Waals surface area contributed by atoms with E-state index >= 15 is 0 Å². The lowest BCUT2D eigenvalue weighted by molar-refractivity contribution is 0.324. The van der Waals surface area contributed by atoms with Gasteiger partial charge in [-0.1, -0.05) is 25.5 Å². The number of hydrogen-bond acceptors (Lipinski definition) is 3. The number of halogens is 1. The molecule has 0 amide bonds. The Morgan fingerprint density at radius 2 is 2.15 bits per heavy atom. The van der Waals surface area contributed by atoms with Gasteiger partial charge in [0.1, 0.15) is 6.61 Å². The van der Waals surface area contributed by atoms with Gasteiger partial charge in [0.15, 0.2) is 11.5 Å². The van der Waals surface area contributed by atoms with E-state index in [4.69, 9.17) is 9.47 Å². The van der Waals surface area contributed by atoms with Gasteiger partial charge < -0.3 is 14.8 Å². The summed E-state index contributed by atoms with van der Waals surface area (Å²) in [7, 11) is 1.66. The third-order valence-electron chi connectivity index (χ3n) is 3.58. The van der Waals surface area contributed by atoms with Crippen LogP contribution in [0.1, 0.15) is 31.2 Å². The number of ether oxygens (including phenoxy) is 2. The van der Waals surface area contributed by atoms with Crippen molar-refractivity contribution < 1.29 is 9.47 Å². The highest BCUT2D eigenvalue weighted by Gasteiger charge is 2.15. The van der Waals surface area contributed by atoms with Crippen molar-refractivity contribution in [1.29, 1.82) is 0 Å². The van der Waals surface area contributed by atoms with Crippen molar-refractivity contribution in [2.24, 2.45) is 0 Å². The Labute approximate surface area is 129 Å². The van der Waals surface area contributed by atoms with Gasteiger partial charge in [0.25, 0.3) is 0 Å². The van der Waals surface area contributed by atoms with Crippen molar-refractivity contribution in [2.75, 3.05) is 13.7 Å². The summed E-state index contributed by atoms with van der Waals surface area (Å²) < 4.78 is 12.0. The van der Waals surface area contributed by atoms with E-state index in [1.54, 1.807) is 13.2 Å². The van der Waals surface area contributed by atoms with Gasteiger partial charge in [-0.2, -0.15) is 0 Å². The van der Waals surface area contributed by atoms with Crippen LogP contribution in [0.4, 0.5) is 0 Å². The van der Waals surface area contributed by atoms with Gasteiger partial charge in [-0.25, -0.2) is 0 Å². The summed E-state index contributed by atoms with van der Waals surface area (Å²) in [5.74, 6) is 1.49. The molecule has 0 bridgehead atoms. The Kier molecular flexibility index (Phi) is 5.92. The lowest BCUT2D eigenvalue weighted by Gasteiger charge is -2.15. The molecule has 0 saturated heterocycles. The third kappa shape index (κ3) is 4.00. The van der Waals surface area contributed by atoms with Crippen LogP contribution in [0.3, 0.4) is 0 Å². The lowest BCUT2D eigenvalue weighted by Crippen LogP contribution is -2.25. The number of rotatable bonds is 7. The molecule has 0 spiro atoms. The quantitative estimate of drug-likeness (QED) is 0.760. The topological polar surface area (TPSA) is 30.5 Å². The van der Waals surface area contributed by atoms with E-state index in [0.717, 1.165) is 22.5 Å². The summed E-state index contributed by atoms with van der Waals surface area (Å²) in [5, 5.41) is 3.61. The van der Waals surface area contributed by atoms with Gasteiger partial charge in [-0.15, -0.1) is 0 Å². The Morgan fingerprint density at radius 1 is 1.40 bits per heavy atom. The first kappa shape index (κ1) is 15.4. The second-order valence-corrected chi connectivity index (χ2v) is 5.93. The normalized spacial score (nSPS) is 15.3. The maximum atomic E-state index is 5.63. The first-order valence-electron chi connectivity index (χ1n) is 7.08. The highest BCUT2D eigenvalue weighted by atomic mass is 79.9. The van der Waals surface area contributed by atoms with Crippen molar-refractivity contribution in [3.8, 4) is 11.5 Å². The van der Waals surface area contributed by atoms with Crippen molar-refractivity contribution in [3.63, 3.8) is 0 Å². The summed E-state index contributed by atoms with van der Waals surface area (Å²) in [6.07, 6.45) is 7.00. The van der Waals surface area contributed by atoms with E-state index in [9.17, 15) is 0 Å². The number of hydrogen-bond donors (Lipinski definition) is 1. The Morgan fingerprint density at radius 3 is 2.80 bits per heavy atom. The molecule has 2 rings (SSSR count). The van der Waals surface area contributed by atoms with E-state index in [1.807, 2.05) is 6.07 Å². The average Bonchev–Trinajstić information content (AvgIpc) is 2.96. The van der Waals surface area contributed by atoms with Crippen LogP contribution in [-0.4, -0.2) is 19.8 Å². The molecule has 1 N–H and O–H groups in total. The molecule has 0 heterocycles. The largest absolute Gasteiger partial charge is 0.493 e. The molecule has 4 heteroatoms. The molecular formula is C16H22BrNO2. The van der Waals surface area contributed by atoms with Gasteiger partial charge in [-0.3, -0.25) is 0 Å². The molecular weight excluding hydrogens is 318 g/mol. The van der Waals surface area contributed by atoms with E-state index in [0.29, 0.717) is 12.6 Å². The molecule has 1 aromatic rings. The first-order valence-corrected chi connectivity index (χ1v) is 7.87. The summed E-state index contributed by atoms with van der Waals surface area (Å²) in [6, 6.07) is 4.78. The highest BCUT2D eigenvalue weighted by Crippen LogP contribution is 2.36. The Balaban J connectivity index is 2.05. The SMILES string of the molecule is C=CCOc1c(Br)cc(CNC2CCCC2)cc1OC. The van der Waals surface area contributed by atoms with Crippen LogP contribution in [0.15, 0.2) is 29.3 Å². The standard InChI is InChI=1S/C16H22BrNO2/c1-3-8-20-16-14(17)9-12(10-15(16)19-2)11-18-13-6-4-5-7-13/h3,9-10,13,18H,1,4-8,11H2,2H3. The van der Waals surface area contributed by atoms with Crippen LogP contribution in [-0.2, 0) is 6.54 Å². The second kappa shape index (κ2) is 7.70. The Hall–Kier alpha value is -1.00. The molecule has 1 aromatic carbocycles. The molecule has 1 aliphatic carbocycles. The van der Waals surface area contributed by atoms with E-state index < -0.39 is 0 Å². The van der Waals surface area contributed by atoms with Crippen LogP contribution in [0.5, 0.6) is 11.5 Å². The second-order valence-electron chi connectivity index (χ2n) is 5.07. The van der Waals surface area contributed by atoms with Crippen LogP contribution >= 0.6 is 15.9 Å². The predicted octanol–water partition coefficient (Wildman–Crippen LogP) is 4.05. The highest BCUT2D eigenvalue weighted by molar-refractivity contribution is 9.10. The zero-order valence-corrected chi connectivity index (χ0v) is 13.5. The van der Waals surface area contributed by atoms with Crippen LogP contribution < -0.4 is 14.8 Å². The van der Waals surface area contributed by atoms with Crippen molar-refractivity contribution in [3.05, 3.63) is 34.8 Å². The third-order valence-corrected chi connectivity index (χ3v) is 4.17. The monoisotopic (exact) mass is 339 g/mol. The summed E-state index contributed by atoms with van der Waals surface area (Å²) in [5.41, 5.74) is 1.20. The fraction of sp³-hybridized carbons (Fsp3) is 0.500. The molecule has 0 aromatic heterocycles. The predicted molar refractivity (Wildman–Crippen MR) is 85.5 cm³/mol. The number of nitrogens with one attached hydrogen (secondary N) is 1. The molecule has 3 nitrogen and oxygen atoms in total. The van der Waals surface area contributed by atoms with Gasteiger partial charge in [-0.05, 0) is 46.5 Å². The molecule has 0 atom stereocenters. The smallest absolute Gasteiger partial charge is 0.175 e. The zero-order valence-electron chi connectivity index (χ0n) is 12.0. The summed E-state index contributed by atoms with van der Waals surface area (Å²) >= 11 is 3.56. The van der Waals surface area contributed by atoms with Crippen LogP contribution in [0, 0.1) is 0 Å². The summed E-state index contributed by atoms with van der Waals surface area (Å²) in [6.45, 7) is 4.99. The zero-order chi connectivity index (χ0) is 14.4. The van der Waals surface area contributed by atoms with Gasteiger partial charge in [0.05, 0.1) is 11.6 Å². The minimum Gasteiger partial charge on any atom is -0.493 e. The van der Waals surface area contributed by atoms with E-state index in [1.165, 1.54) is 31.2 Å². The first-order chi connectivity index (χ1) is 9.74. The van der Waals surface area contributed by atoms with Gasteiger partial charge in [0.2, 0.25) is 0 Å².